The lowest BCUT2D eigenvalue weighted by molar-refractivity contribution is 0.203. The Morgan fingerprint density at radius 3 is 2.67 bits per heavy atom. The van der Waals surface area contributed by atoms with E-state index in [0.29, 0.717) is 11.6 Å². The summed E-state index contributed by atoms with van der Waals surface area (Å²) < 4.78 is 13.4. The number of hydrogen-bond donors (Lipinski definition) is 1. The van der Waals surface area contributed by atoms with Crippen LogP contribution in [0, 0.1) is 11.7 Å². The fourth-order valence-corrected chi connectivity index (χ4v) is 2.21. The summed E-state index contributed by atoms with van der Waals surface area (Å²) in [7, 11) is 0. The van der Waals surface area contributed by atoms with E-state index in [1.54, 1.807) is 0 Å². The highest BCUT2D eigenvalue weighted by Gasteiger charge is 2.25. The number of nitrogens with two attached hydrogens (primary N) is 1. The lowest BCUT2D eigenvalue weighted by atomic mass is 10.1. The van der Waals surface area contributed by atoms with Crippen LogP contribution >= 0.6 is 0 Å². The van der Waals surface area contributed by atoms with Crippen molar-refractivity contribution in [1.82, 2.24) is 4.90 Å². The lowest BCUT2D eigenvalue weighted by Crippen LogP contribution is -2.32. The van der Waals surface area contributed by atoms with Crippen LogP contribution in [0.2, 0.25) is 0 Å². The van der Waals surface area contributed by atoms with Crippen molar-refractivity contribution in [2.75, 3.05) is 6.54 Å². The number of benzene rings is 1. The van der Waals surface area contributed by atoms with Crippen molar-refractivity contribution in [1.29, 1.82) is 0 Å². The molecule has 100 valence electrons. The van der Waals surface area contributed by atoms with Gasteiger partial charge in [-0.3, -0.25) is 4.90 Å². The first kappa shape index (κ1) is 13.5. The van der Waals surface area contributed by atoms with Crippen molar-refractivity contribution < 1.29 is 4.39 Å². The molecule has 0 saturated heterocycles. The molecule has 0 bridgehead atoms. The Hall–Kier alpha value is -0.930. The van der Waals surface area contributed by atoms with Gasteiger partial charge in [-0.1, -0.05) is 12.1 Å². The van der Waals surface area contributed by atoms with Gasteiger partial charge in [0, 0.05) is 31.2 Å². The van der Waals surface area contributed by atoms with E-state index in [4.69, 9.17) is 5.73 Å². The van der Waals surface area contributed by atoms with Crippen molar-refractivity contribution in [3.8, 4) is 0 Å². The highest BCUT2D eigenvalue weighted by atomic mass is 19.1. The van der Waals surface area contributed by atoms with Crippen LogP contribution in [0.1, 0.15) is 37.8 Å². The summed E-state index contributed by atoms with van der Waals surface area (Å²) in [6.45, 7) is 6.75. The van der Waals surface area contributed by atoms with Crippen LogP contribution < -0.4 is 5.73 Å². The summed E-state index contributed by atoms with van der Waals surface area (Å²) in [5, 5.41) is 0. The monoisotopic (exact) mass is 250 g/mol. The minimum Gasteiger partial charge on any atom is -0.326 e. The molecule has 2 rings (SSSR count). The number of rotatable bonds is 6. The molecule has 0 aliphatic heterocycles. The second kappa shape index (κ2) is 5.81. The van der Waals surface area contributed by atoms with Crippen LogP contribution in [-0.2, 0) is 13.1 Å². The van der Waals surface area contributed by atoms with Crippen LogP contribution in [0.4, 0.5) is 4.39 Å². The Bertz CT molecular complexity index is 399. The summed E-state index contributed by atoms with van der Waals surface area (Å²) in [6, 6.07) is 5.83. The van der Waals surface area contributed by atoms with E-state index in [2.05, 4.69) is 18.7 Å². The van der Waals surface area contributed by atoms with E-state index in [1.165, 1.54) is 18.9 Å². The van der Waals surface area contributed by atoms with Crippen LogP contribution in [0.15, 0.2) is 18.2 Å². The zero-order chi connectivity index (χ0) is 13.1. The van der Waals surface area contributed by atoms with Crippen LogP contribution in [0.3, 0.4) is 0 Å². The Morgan fingerprint density at radius 1 is 1.39 bits per heavy atom. The molecule has 1 aliphatic rings. The zero-order valence-electron chi connectivity index (χ0n) is 11.3. The maximum Gasteiger partial charge on any atom is 0.127 e. The predicted octanol–water partition coefficient (Wildman–Crippen LogP) is 2.90. The fraction of sp³-hybridized carbons (Fsp3) is 0.600. The maximum absolute atomic E-state index is 13.4. The van der Waals surface area contributed by atoms with Crippen LogP contribution in [0.5, 0.6) is 0 Å². The molecule has 18 heavy (non-hydrogen) atoms. The quantitative estimate of drug-likeness (QED) is 0.841. The maximum atomic E-state index is 13.4. The van der Waals surface area contributed by atoms with Crippen molar-refractivity contribution in [2.45, 2.75) is 45.8 Å². The zero-order valence-corrected chi connectivity index (χ0v) is 11.3. The number of hydrogen-bond acceptors (Lipinski definition) is 2. The molecule has 1 aliphatic carbocycles. The van der Waals surface area contributed by atoms with Crippen LogP contribution in [0.25, 0.3) is 0 Å². The van der Waals surface area contributed by atoms with Gasteiger partial charge in [-0.2, -0.15) is 0 Å². The van der Waals surface area contributed by atoms with E-state index >= 15 is 0 Å². The first-order valence-corrected chi connectivity index (χ1v) is 6.81. The molecule has 1 saturated carbocycles. The summed E-state index contributed by atoms with van der Waals surface area (Å²) in [4.78, 5) is 2.46. The van der Waals surface area contributed by atoms with E-state index < -0.39 is 0 Å². The Labute approximate surface area is 109 Å². The van der Waals surface area contributed by atoms with Crippen molar-refractivity contribution in [3.05, 3.63) is 35.1 Å². The smallest absolute Gasteiger partial charge is 0.127 e. The Morgan fingerprint density at radius 2 is 2.11 bits per heavy atom. The highest BCUT2D eigenvalue weighted by molar-refractivity contribution is 5.25. The molecule has 3 heteroatoms. The fourth-order valence-electron chi connectivity index (χ4n) is 2.21. The number of nitrogens with zero attached hydrogens (tertiary/aromatic N) is 1. The second-order valence-corrected chi connectivity index (χ2v) is 5.60. The Balaban J connectivity index is 2.05. The first-order valence-electron chi connectivity index (χ1n) is 6.81. The van der Waals surface area contributed by atoms with Gasteiger partial charge in [-0.25, -0.2) is 4.39 Å². The van der Waals surface area contributed by atoms with Crippen LogP contribution in [-0.4, -0.2) is 17.5 Å². The van der Waals surface area contributed by atoms with Gasteiger partial charge in [0.1, 0.15) is 5.82 Å². The molecule has 1 fully saturated rings. The van der Waals surface area contributed by atoms with Crippen molar-refractivity contribution >= 4 is 0 Å². The molecule has 0 unspecified atom stereocenters. The highest BCUT2D eigenvalue weighted by Crippen LogP contribution is 2.30. The normalized spacial score (nSPS) is 15.7. The molecular weight excluding hydrogens is 227 g/mol. The SMILES string of the molecule is CC(C)N(Cc1ccc(F)c(CN)c1)CC1CC1. The minimum absolute atomic E-state index is 0.195. The van der Waals surface area contributed by atoms with E-state index in [1.807, 2.05) is 12.1 Å². The molecule has 0 heterocycles. The average molecular weight is 250 g/mol. The van der Waals surface area contributed by atoms with Gasteiger partial charge in [-0.05, 0) is 44.2 Å². The summed E-state index contributed by atoms with van der Waals surface area (Å²) in [5.74, 6) is 0.682. The predicted molar refractivity (Wildman–Crippen MR) is 72.6 cm³/mol. The first-order chi connectivity index (χ1) is 8.60. The lowest BCUT2D eigenvalue weighted by Gasteiger charge is -2.26. The molecule has 0 radical (unpaired) electrons. The van der Waals surface area contributed by atoms with Gasteiger partial charge in [0.15, 0.2) is 0 Å². The molecule has 2 N–H and O–H groups in total. The standard InChI is InChI=1S/C15H23FN2/c1-11(2)18(9-12-3-4-12)10-13-5-6-15(16)14(7-13)8-17/h5-7,11-12H,3-4,8-10,17H2,1-2H3. The Kier molecular flexibility index (Phi) is 4.36. The molecule has 2 nitrogen and oxygen atoms in total. The molecule has 1 aromatic carbocycles. The third-order valence-electron chi connectivity index (χ3n) is 3.64. The third kappa shape index (κ3) is 3.53. The molecular formula is C15H23FN2. The summed E-state index contributed by atoms with van der Waals surface area (Å²) >= 11 is 0. The largest absolute Gasteiger partial charge is 0.326 e. The number of halogens is 1. The van der Waals surface area contributed by atoms with E-state index in [-0.39, 0.29) is 12.4 Å². The van der Waals surface area contributed by atoms with Gasteiger partial charge in [-0.15, -0.1) is 0 Å². The van der Waals surface area contributed by atoms with Gasteiger partial charge in [0.05, 0.1) is 0 Å². The van der Waals surface area contributed by atoms with E-state index in [0.717, 1.165) is 24.6 Å². The molecule has 1 aromatic rings. The van der Waals surface area contributed by atoms with Gasteiger partial charge >= 0.3 is 0 Å². The molecule has 0 atom stereocenters. The van der Waals surface area contributed by atoms with Gasteiger partial charge in [0.25, 0.3) is 0 Å². The second-order valence-electron chi connectivity index (χ2n) is 5.60. The average Bonchev–Trinajstić information content (AvgIpc) is 3.14. The van der Waals surface area contributed by atoms with E-state index in [9.17, 15) is 4.39 Å². The molecule has 0 amide bonds. The minimum atomic E-state index is -0.195. The summed E-state index contributed by atoms with van der Waals surface area (Å²) in [5.41, 5.74) is 7.32. The summed E-state index contributed by atoms with van der Waals surface area (Å²) in [6.07, 6.45) is 2.72. The van der Waals surface area contributed by atoms with Crippen molar-refractivity contribution in [3.63, 3.8) is 0 Å². The van der Waals surface area contributed by atoms with Gasteiger partial charge in [0.2, 0.25) is 0 Å². The topological polar surface area (TPSA) is 29.3 Å². The van der Waals surface area contributed by atoms with Gasteiger partial charge < -0.3 is 5.73 Å². The molecule has 0 aromatic heterocycles. The van der Waals surface area contributed by atoms with Crippen molar-refractivity contribution in [2.24, 2.45) is 11.7 Å². The molecule has 0 spiro atoms. The third-order valence-corrected chi connectivity index (χ3v) is 3.64.